The molecule has 2 amide bonds. The lowest BCUT2D eigenvalue weighted by Gasteiger charge is -2.21. The van der Waals surface area contributed by atoms with E-state index < -0.39 is 6.04 Å². The van der Waals surface area contributed by atoms with Crippen LogP contribution in [0.3, 0.4) is 0 Å². The van der Waals surface area contributed by atoms with Crippen LogP contribution in [-0.2, 0) is 11.2 Å². The summed E-state index contributed by atoms with van der Waals surface area (Å²) in [5.41, 5.74) is 3.55. The topological polar surface area (TPSA) is 71.1 Å². The number of nitrogens with one attached hydrogen (secondary N) is 2. The minimum atomic E-state index is -0.648. The van der Waals surface area contributed by atoms with Crippen LogP contribution < -0.4 is 10.6 Å². The second-order valence-corrected chi connectivity index (χ2v) is 8.20. The van der Waals surface area contributed by atoms with Crippen molar-refractivity contribution in [3.63, 3.8) is 0 Å². The first-order chi connectivity index (χ1) is 13.4. The van der Waals surface area contributed by atoms with Crippen molar-refractivity contribution in [3.8, 4) is 0 Å². The first-order valence-electron chi connectivity index (χ1n) is 9.46. The fraction of sp³-hybridized carbons (Fsp3) is 0.318. The van der Waals surface area contributed by atoms with Crippen molar-refractivity contribution in [2.75, 3.05) is 5.32 Å². The van der Waals surface area contributed by atoms with Gasteiger partial charge in [-0.15, -0.1) is 0 Å². The van der Waals surface area contributed by atoms with E-state index in [4.69, 9.17) is 0 Å². The Morgan fingerprint density at radius 1 is 1.14 bits per heavy atom. The van der Waals surface area contributed by atoms with Crippen molar-refractivity contribution < 1.29 is 9.59 Å². The Morgan fingerprint density at radius 3 is 2.57 bits per heavy atom. The summed E-state index contributed by atoms with van der Waals surface area (Å²) >= 11 is 1.45. The fourth-order valence-electron chi connectivity index (χ4n) is 3.01. The van der Waals surface area contributed by atoms with Crippen LogP contribution in [0.15, 0.2) is 42.5 Å². The van der Waals surface area contributed by atoms with Gasteiger partial charge in [0.1, 0.15) is 6.04 Å². The molecule has 1 aromatic heterocycles. The number of carbonyl (C=O) groups excluding carboxylic acids is 2. The van der Waals surface area contributed by atoms with Gasteiger partial charge in [0.05, 0.1) is 10.2 Å². The van der Waals surface area contributed by atoms with Crippen LogP contribution >= 0.6 is 11.3 Å². The minimum absolute atomic E-state index is 0.0611. The van der Waals surface area contributed by atoms with E-state index in [1.807, 2.05) is 51.1 Å². The number of hydrogen-bond acceptors (Lipinski definition) is 4. The summed E-state index contributed by atoms with van der Waals surface area (Å²) in [5, 5.41) is 6.29. The second kappa shape index (κ2) is 8.52. The van der Waals surface area contributed by atoms with Crippen LogP contribution in [0, 0.1) is 12.8 Å². The van der Waals surface area contributed by atoms with Crippen LogP contribution in [0.25, 0.3) is 10.2 Å². The van der Waals surface area contributed by atoms with E-state index in [1.165, 1.54) is 16.9 Å². The van der Waals surface area contributed by atoms with E-state index in [2.05, 4.69) is 28.6 Å². The predicted molar refractivity (Wildman–Crippen MR) is 115 cm³/mol. The van der Waals surface area contributed by atoms with Crippen LogP contribution in [0.2, 0.25) is 0 Å². The lowest BCUT2D eigenvalue weighted by molar-refractivity contribution is -0.118. The predicted octanol–water partition coefficient (Wildman–Crippen LogP) is 4.56. The van der Waals surface area contributed by atoms with Gasteiger partial charge < -0.3 is 10.6 Å². The summed E-state index contributed by atoms with van der Waals surface area (Å²) < 4.78 is 1.04. The van der Waals surface area contributed by atoms with Gasteiger partial charge >= 0.3 is 0 Å². The van der Waals surface area contributed by atoms with E-state index >= 15 is 0 Å². The highest BCUT2D eigenvalue weighted by Gasteiger charge is 2.26. The third kappa shape index (κ3) is 4.39. The second-order valence-electron chi connectivity index (χ2n) is 7.17. The number of carbonyl (C=O) groups is 2. The maximum absolute atomic E-state index is 12.8. The van der Waals surface area contributed by atoms with Gasteiger partial charge in [-0.3, -0.25) is 9.59 Å². The molecular formula is C22H25N3O2S. The lowest BCUT2D eigenvalue weighted by Crippen LogP contribution is -2.47. The molecule has 2 aromatic carbocycles. The number of aryl methyl sites for hydroxylation is 2. The quantitative estimate of drug-likeness (QED) is 0.643. The molecule has 0 bridgehead atoms. The molecule has 3 aromatic rings. The summed E-state index contributed by atoms with van der Waals surface area (Å²) in [6.45, 7) is 7.81. The van der Waals surface area contributed by atoms with Gasteiger partial charge in [-0.2, -0.15) is 0 Å². The highest BCUT2D eigenvalue weighted by molar-refractivity contribution is 7.22. The van der Waals surface area contributed by atoms with Crippen molar-refractivity contribution in [2.24, 2.45) is 5.92 Å². The normalized spacial score (nSPS) is 12.2. The van der Waals surface area contributed by atoms with Crippen molar-refractivity contribution in [1.29, 1.82) is 0 Å². The number of hydrogen-bond donors (Lipinski definition) is 2. The highest BCUT2D eigenvalue weighted by Crippen LogP contribution is 2.27. The van der Waals surface area contributed by atoms with Crippen LogP contribution in [0.1, 0.15) is 42.3 Å². The number of nitrogens with zero attached hydrogens (tertiary/aromatic N) is 1. The maximum atomic E-state index is 12.8. The molecule has 1 heterocycles. The average Bonchev–Trinajstić information content (AvgIpc) is 3.06. The van der Waals surface area contributed by atoms with E-state index in [-0.39, 0.29) is 17.7 Å². The van der Waals surface area contributed by atoms with Gasteiger partial charge in [-0.05, 0) is 48.6 Å². The third-order valence-corrected chi connectivity index (χ3v) is 5.65. The molecular weight excluding hydrogens is 370 g/mol. The number of aromatic nitrogens is 1. The van der Waals surface area contributed by atoms with Crippen LogP contribution in [0.5, 0.6) is 0 Å². The molecule has 3 rings (SSSR count). The molecule has 0 saturated heterocycles. The number of rotatable bonds is 6. The summed E-state index contributed by atoms with van der Waals surface area (Å²) in [7, 11) is 0. The SMILES string of the molecule is CCc1ccc2nc(NC(=O)[C@@H](NC(=O)c3ccccc3C)C(C)C)sc2c1. The summed E-state index contributed by atoms with van der Waals surface area (Å²) in [5.74, 6) is -0.565. The Bertz CT molecular complexity index is 1010. The Hall–Kier alpha value is -2.73. The van der Waals surface area contributed by atoms with E-state index in [9.17, 15) is 9.59 Å². The maximum Gasteiger partial charge on any atom is 0.252 e. The van der Waals surface area contributed by atoms with Gasteiger partial charge in [0, 0.05) is 5.56 Å². The number of fused-ring (bicyclic) bond motifs is 1. The number of amides is 2. The van der Waals surface area contributed by atoms with Gasteiger partial charge in [0.2, 0.25) is 5.91 Å². The fourth-order valence-corrected chi connectivity index (χ4v) is 3.94. The molecule has 146 valence electrons. The van der Waals surface area contributed by atoms with Gasteiger partial charge in [0.15, 0.2) is 5.13 Å². The first-order valence-corrected chi connectivity index (χ1v) is 10.3. The van der Waals surface area contributed by atoms with E-state index in [0.29, 0.717) is 10.7 Å². The first kappa shape index (κ1) is 20.0. The van der Waals surface area contributed by atoms with Crippen LogP contribution in [0.4, 0.5) is 5.13 Å². The summed E-state index contributed by atoms with van der Waals surface area (Å²) in [6.07, 6.45) is 0.954. The third-order valence-electron chi connectivity index (χ3n) is 4.72. The minimum Gasteiger partial charge on any atom is -0.340 e. The monoisotopic (exact) mass is 395 g/mol. The Morgan fingerprint density at radius 2 is 1.89 bits per heavy atom. The number of benzene rings is 2. The van der Waals surface area contributed by atoms with E-state index in [1.54, 1.807) is 6.07 Å². The number of anilines is 1. The molecule has 2 N–H and O–H groups in total. The Balaban J connectivity index is 1.76. The molecule has 0 fully saturated rings. The molecule has 0 radical (unpaired) electrons. The van der Waals surface area contributed by atoms with Gasteiger partial charge in [-0.1, -0.05) is 56.4 Å². The summed E-state index contributed by atoms with van der Waals surface area (Å²) in [6, 6.07) is 12.8. The van der Waals surface area contributed by atoms with Crippen molar-refractivity contribution in [1.82, 2.24) is 10.3 Å². The summed E-state index contributed by atoms with van der Waals surface area (Å²) in [4.78, 5) is 30.0. The molecule has 0 aliphatic carbocycles. The zero-order valence-electron chi connectivity index (χ0n) is 16.6. The van der Waals surface area contributed by atoms with Crippen molar-refractivity contribution >= 4 is 38.5 Å². The molecule has 5 nitrogen and oxygen atoms in total. The zero-order chi connectivity index (χ0) is 20.3. The molecule has 0 saturated carbocycles. The molecule has 28 heavy (non-hydrogen) atoms. The van der Waals surface area contributed by atoms with Gasteiger partial charge in [0.25, 0.3) is 5.91 Å². The molecule has 0 aliphatic rings. The number of thiazole rings is 1. The van der Waals surface area contributed by atoms with Crippen molar-refractivity contribution in [2.45, 2.75) is 40.2 Å². The van der Waals surface area contributed by atoms with Gasteiger partial charge in [-0.25, -0.2) is 4.98 Å². The molecule has 0 aliphatic heterocycles. The van der Waals surface area contributed by atoms with Crippen LogP contribution in [-0.4, -0.2) is 22.8 Å². The molecule has 0 spiro atoms. The molecule has 0 unspecified atom stereocenters. The zero-order valence-corrected chi connectivity index (χ0v) is 17.4. The Labute approximate surface area is 169 Å². The molecule has 1 atom stereocenters. The van der Waals surface area contributed by atoms with E-state index in [0.717, 1.165) is 22.2 Å². The van der Waals surface area contributed by atoms with Crippen molar-refractivity contribution in [3.05, 3.63) is 59.2 Å². The smallest absolute Gasteiger partial charge is 0.252 e. The average molecular weight is 396 g/mol. The largest absolute Gasteiger partial charge is 0.340 e. The Kier molecular flexibility index (Phi) is 6.09. The standard InChI is InChI=1S/C22H25N3O2S/c1-5-15-10-11-17-18(12-15)28-22(23-17)25-21(27)19(13(2)3)24-20(26)16-9-7-6-8-14(16)4/h6-13,19H,5H2,1-4H3,(H,24,26)(H,23,25,27)/t19-/m0/s1. The highest BCUT2D eigenvalue weighted by atomic mass is 32.1. The molecule has 6 heteroatoms. The lowest BCUT2D eigenvalue weighted by atomic mass is 10.0.